The molecular formula is C14H21N. The van der Waals surface area contributed by atoms with Crippen LogP contribution in [-0.2, 0) is 0 Å². The maximum absolute atomic E-state index is 4.29. The van der Waals surface area contributed by atoms with Crippen LogP contribution in [0.4, 0.5) is 0 Å². The summed E-state index contributed by atoms with van der Waals surface area (Å²) in [6, 6.07) is 0. The lowest BCUT2D eigenvalue weighted by atomic mass is 10.0. The monoisotopic (exact) mass is 203 g/mol. The molecule has 0 aromatic heterocycles. The van der Waals surface area contributed by atoms with Crippen LogP contribution in [0.3, 0.4) is 0 Å². The summed E-state index contributed by atoms with van der Waals surface area (Å²) in [7, 11) is 1.81. The van der Waals surface area contributed by atoms with Crippen LogP contribution < -0.4 is 0 Å². The third-order valence-electron chi connectivity index (χ3n) is 2.23. The first-order chi connectivity index (χ1) is 7.21. The van der Waals surface area contributed by atoms with Crippen molar-refractivity contribution in [1.82, 2.24) is 0 Å². The molecule has 0 aliphatic carbocycles. The predicted molar refractivity (Wildman–Crippen MR) is 70.5 cm³/mol. The quantitative estimate of drug-likeness (QED) is 0.471. The number of allylic oxidation sites excluding steroid dienone is 7. The van der Waals surface area contributed by atoms with Gasteiger partial charge in [-0.3, -0.25) is 4.99 Å². The van der Waals surface area contributed by atoms with E-state index in [4.69, 9.17) is 0 Å². The standard InChI is InChI=1S/C14H21N/c1-6-9-11-14(15-5)13(10-7-2)12(4)8-3/h6-7,9-11H,1,8H2,2-5H3/b10-7-,11-9-,13-12-,15-14?. The lowest BCUT2D eigenvalue weighted by molar-refractivity contribution is 1.09. The molecule has 0 aromatic carbocycles. The van der Waals surface area contributed by atoms with Crippen molar-refractivity contribution < 1.29 is 0 Å². The van der Waals surface area contributed by atoms with E-state index < -0.39 is 0 Å². The summed E-state index contributed by atoms with van der Waals surface area (Å²) >= 11 is 0. The molecule has 1 heteroatoms. The Morgan fingerprint density at radius 3 is 2.40 bits per heavy atom. The summed E-state index contributed by atoms with van der Waals surface area (Å²) in [5.74, 6) is 0. The molecule has 0 N–H and O–H groups in total. The van der Waals surface area contributed by atoms with Crippen molar-refractivity contribution in [2.45, 2.75) is 27.2 Å². The minimum Gasteiger partial charge on any atom is -0.288 e. The molecule has 15 heavy (non-hydrogen) atoms. The fourth-order valence-electron chi connectivity index (χ4n) is 1.25. The van der Waals surface area contributed by atoms with E-state index in [0.717, 1.165) is 12.1 Å². The molecule has 0 heterocycles. The minimum atomic E-state index is 1.01. The Morgan fingerprint density at radius 2 is 2.00 bits per heavy atom. The van der Waals surface area contributed by atoms with Gasteiger partial charge in [-0.1, -0.05) is 43.4 Å². The Bertz CT molecular complexity index is 314. The van der Waals surface area contributed by atoms with Crippen LogP contribution in [0, 0.1) is 0 Å². The zero-order valence-electron chi connectivity index (χ0n) is 10.2. The molecule has 0 aliphatic rings. The van der Waals surface area contributed by atoms with Crippen LogP contribution in [0.15, 0.2) is 53.1 Å². The highest BCUT2D eigenvalue weighted by atomic mass is 14.7. The lowest BCUT2D eigenvalue weighted by Crippen LogP contribution is -2.00. The Kier molecular flexibility index (Phi) is 7.25. The van der Waals surface area contributed by atoms with Crippen molar-refractivity contribution in [3.8, 4) is 0 Å². The first-order valence-corrected chi connectivity index (χ1v) is 5.29. The Labute approximate surface area is 93.6 Å². The molecule has 0 saturated heterocycles. The molecule has 0 rings (SSSR count). The van der Waals surface area contributed by atoms with Crippen molar-refractivity contribution in [2.24, 2.45) is 4.99 Å². The van der Waals surface area contributed by atoms with E-state index in [1.807, 2.05) is 32.2 Å². The second-order valence-electron chi connectivity index (χ2n) is 3.25. The van der Waals surface area contributed by atoms with Crippen LogP contribution in [0.1, 0.15) is 27.2 Å². The number of aliphatic imine (C=N–C) groups is 1. The van der Waals surface area contributed by atoms with Crippen molar-refractivity contribution in [3.05, 3.63) is 48.1 Å². The summed E-state index contributed by atoms with van der Waals surface area (Å²) in [6.07, 6.45) is 10.9. The van der Waals surface area contributed by atoms with E-state index >= 15 is 0 Å². The van der Waals surface area contributed by atoms with E-state index in [0.29, 0.717) is 0 Å². The molecule has 0 radical (unpaired) electrons. The molecule has 0 fully saturated rings. The molecule has 0 aromatic rings. The molecule has 0 saturated carbocycles. The van der Waals surface area contributed by atoms with Gasteiger partial charge in [-0.2, -0.15) is 0 Å². The third kappa shape index (κ3) is 4.59. The number of hydrogen-bond acceptors (Lipinski definition) is 1. The van der Waals surface area contributed by atoms with Gasteiger partial charge >= 0.3 is 0 Å². The highest BCUT2D eigenvalue weighted by Gasteiger charge is 2.02. The normalized spacial score (nSPS) is 14.8. The summed E-state index contributed by atoms with van der Waals surface area (Å²) < 4.78 is 0. The zero-order chi connectivity index (χ0) is 11.7. The van der Waals surface area contributed by atoms with Gasteiger partial charge in [0.05, 0.1) is 5.71 Å². The Balaban J connectivity index is 5.23. The van der Waals surface area contributed by atoms with Crippen LogP contribution >= 0.6 is 0 Å². The second kappa shape index (κ2) is 7.98. The molecule has 82 valence electrons. The van der Waals surface area contributed by atoms with Crippen LogP contribution in [0.25, 0.3) is 0 Å². The summed E-state index contributed by atoms with van der Waals surface area (Å²) in [4.78, 5) is 4.29. The molecule has 1 nitrogen and oxygen atoms in total. The number of nitrogens with zero attached hydrogens (tertiary/aromatic N) is 1. The average Bonchev–Trinajstić information content (AvgIpc) is 2.27. The molecule has 0 atom stereocenters. The zero-order valence-corrected chi connectivity index (χ0v) is 10.2. The highest BCUT2D eigenvalue weighted by Crippen LogP contribution is 2.12. The number of hydrogen-bond donors (Lipinski definition) is 0. The van der Waals surface area contributed by atoms with Gasteiger partial charge in [0.15, 0.2) is 0 Å². The smallest absolute Gasteiger partial charge is 0.0642 e. The average molecular weight is 203 g/mol. The predicted octanol–water partition coefficient (Wildman–Crippen LogP) is 4.10. The van der Waals surface area contributed by atoms with Gasteiger partial charge < -0.3 is 0 Å². The van der Waals surface area contributed by atoms with E-state index in [2.05, 4.69) is 31.5 Å². The van der Waals surface area contributed by atoms with E-state index in [1.54, 1.807) is 6.08 Å². The highest BCUT2D eigenvalue weighted by molar-refractivity contribution is 6.10. The summed E-state index contributed by atoms with van der Waals surface area (Å²) in [5, 5.41) is 0. The Hall–Kier alpha value is -1.37. The molecular weight excluding hydrogens is 182 g/mol. The van der Waals surface area contributed by atoms with Crippen molar-refractivity contribution in [2.75, 3.05) is 7.05 Å². The van der Waals surface area contributed by atoms with Gasteiger partial charge in [0.25, 0.3) is 0 Å². The van der Waals surface area contributed by atoms with Gasteiger partial charge in [0.2, 0.25) is 0 Å². The van der Waals surface area contributed by atoms with Crippen molar-refractivity contribution in [3.63, 3.8) is 0 Å². The SMILES string of the molecule is C=C/C=C\C(=NC)C(/C=C\C)=C(/C)CC. The maximum atomic E-state index is 4.29. The molecule has 0 spiro atoms. The fourth-order valence-corrected chi connectivity index (χ4v) is 1.25. The van der Waals surface area contributed by atoms with Gasteiger partial charge in [0, 0.05) is 7.05 Å². The molecule has 0 bridgehead atoms. The van der Waals surface area contributed by atoms with Crippen LogP contribution in [0.5, 0.6) is 0 Å². The topological polar surface area (TPSA) is 12.4 Å². The van der Waals surface area contributed by atoms with E-state index in [9.17, 15) is 0 Å². The van der Waals surface area contributed by atoms with Crippen molar-refractivity contribution >= 4 is 5.71 Å². The molecule has 0 unspecified atom stereocenters. The second-order valence-corrected chi connectivity index (χ2v) is 3.25. The molecule has 0 aliphatic heterocycles. The summed E-state index contributed by atoms with van der Waals surface area (Å²) in [6.45, 7) is 9.98. The molecule has 0 amide bonds. The maximum Gasteiger partial charge on any atom is 0.0642 e. The van der Waals surface area contributed by atoms with Crippen molar-refractivity contribution in [1.29, 1.82) is 0 Å². The van der Waals surface area contributed by atoms with E-state index in [1.165, 1.54) is 11.1 Å². The number of rotatable bonds is 5. The Morgan fingerprint density at radius 1 is 1.33 bits per heavy atom. The van der Waals surface area contributed by atoms with Gasteiger partial charge in [-0.25, -0.2) is 0 Å². The van der Waals surface area contributed by atoms with Gasteiger partial charge in [0.1, 0.15) is 0 Å². The summed E-state index contributed by atoms with van der Waals surface area (Å²) in [5.41, 5.74) is 3.57. The third-order valence-corrected chi connectivity index (χ3v) is 2.23. The van der Waals surface area contributed by atoms with Gasteiger partial charge in [-0.05, 0) is 31.9 Å². The minimum absolute atomic E-state index is 1.01. The van der Waals surface area contributed by atoms with E-state index in [-0.39, 0.29) is 0 Å². The fraction of sp³-hybridized carbons (Fsp3) is 0.357. The first kappa shape index (κ1) is 13.6. The largest absolute Gasteiger partial charge is 0.288 e. The van der Waals surface area contributed by atoms with Gasteiger partial charge in [-0.15, -0.1) is 0 Å². The lowest BCUT2D eigenvalue weighted by Gasteiger charge is -2.06. The van der Waals surface area contributed by atoms with Crippen LogP contribution in [0.2, 0.25) is 0 Å². The first-order valence-electron chi connectivity index (χ1n) is 5.29. The van der Waals surface area contributed by atoms with Crippen LogP contribution in [-0.4, -0.2) is 12.8 Å².